The van der Waals surface area contributed by atoms with Crippen molar-refractivity contribution in [2.75, 3.05) is 19.6 Å². The zero-order chi connectivity index (χ0) is 16.9. The summed E-state index contributed by atoms with van der Waals surface area (Å²) in [6.07, 6.45) is 7.87. The fraction of sp³-hybridized carbons (Fsp3) is 0.556. The van der Waals surface area contributed by atoms with E-state index in [1.165, 1.54) is 12.8 Å². The number of nitrogens with zero attached hydrogens (tertiary/aromatic N) is 3. The van der Waals surface area contributed by atoms with E-state index in [-0.39, 0.29) is 11.9 Å². The van der Waals surface area contributed by atoms with Crippen LogP contribution in [0.1, 0.15) is 43.0 Å². The van der Waals surface area contributed by atoms with E-state index < -0.39 is 0 Å². The molecule has 1 saturated heterocycles. The van der Waals surface area contributed by atoms with Gasteiger partial charge in [-0.25, -0.2) is 4.98 Å². The number of amides is 1. The second-order valence-electron chi connectivity index (χ2n) is 6.88. The number of carbonyl (C=O) groups is 1. The summed E-state index contributed by atoms with van der Waals surface area (Å²) in [7, 11) is 0. The lowest BCUT2D eigenvalue weighted by atomic mass is 10.00. The molecule has 0 saturated carbocycles. The molecule has 2 aromatic rings. The van der Waals surface area contributed by atoms with Crippen LogP contribution < -0.4 is 5.32 Å². The van der Waals surface area contributed by atoms with Gasteiger partial charge < -0.3 is 19.2 Å². The van der Waals surface area contributed by atoms with Crippen molar-refractivity contribution in [1.29, 1.82) is 0 Å². The van der Waals surface area contributed by atoms with Gasteiger partial charge in [-0.05, 0) is 44.4 Å². The Morgan fingerprint density at radius 2 is 2.38 bits per heavy atom. The van der Waals surface area contributed by atoms with E-state index >= 15 is 0 Å². The van der Waals surface area contributed by atoms with Gasteiger partial charge in [0.2, 0.25) is 0 Å². The summed E-state index contributed by atoms with van der Waals surface area (Å²) < 4.78 is 7.56. The van der Waals surface area contributed by atoms with Crippen molar-refractivity contribution in [2.24, 2.45) is 5.92 Å². The number of nitrogens with one attached hydrogen (secondary N) is 1. The van der Waals surface area contributed by atoms with E-state index in [1.807, 2.05) is 23.8 Å². The molecule has 0 radical (unpaired) electrons. The Hall–Kier alpha value is -2.08. The predicted octanol–water partition coefficient (Wildman–Crippen LogP) is 2.37. The first kappa shape index (κ1) is 16.8. The minimum absolute atomic E-state index is 0.102. The Balaban J connectivity index is 1.50. The third kappa shape index (κ3) is 4.47. The van der Waals surface area contributed by atoms with Crippen LogP contribution in [0.2, 0.25) is 0 Å². The van der Waals surface area contributed by atoms with Crippen LogP contribution in [0.3, 0.4) is 0 Å². The molecule has 0 bridgehead atoms. The van der Waals surface area contributed by atoms with E-state index in [2.05, 4.69) is 22.1 Å². The molecule has 130 valence electrons. The molecule has 1 fully saturated rings. The first-order valence-corrected chi connectivity index (χ1v) is 8.68. The average Bonchev–Trinajstić information content (AvgIpc) is 3.19. The molecule has 0 unspecified atom stereocenters. The fourth-order valence-corrected chi connectivity index (χ4v) is 3.33. The topological polar surface area (TPSA) is 63.3 Å². The Labute approximate surface area is 142 Å². The third-order valence-corrected chi connectivity index (χ3v) is 4.43. The third-order valence-electron chi connectivity index (χ3n) is 4.43. The summed E-state index contributed by atoms with van der Waals surface area (Å²) in [5, 5.41) is 3.04. The highest BCUT2D eigenvalue weighted by molar-refractivity contribution is 5.91. The van der Waals surface area contributed by atoms with E-state index in [0.29, 0.717) is 12.3 Å². The van der Waals surface area contributed by atoms with Gasteiger partial charge in [0, 0.05) is 31.5 Å². The first-order chi connectivity index (χ1) is 11.6. The molecule has 1 N–H and O–H groups in total. The Kier molecular flexibility index (Phi) is 5.35. The summed E-state index contributed by atoms with van der Waals surface area (Å²) in [5.74, 6) is 1.71. The van der Waals surface area contributed by atoms with E-state index in [4.69, 9.17) is 4.42 Å². The maximum Gasteiger partial charge on any atom is 0.287 e. The van der Waals surface area contributed by atoms with Crippen molar-refractivity contribution in [3.8, 4) is 0 Å². The Morgan fingerprint density at radius 1 is 1.50 bits per heavy atom. The maximum absolute atomic E-state index is 12.3. The maximum atomic E-state index is 12.3. The van der Waals surface area contributed by atoms with Crippen LogP contribution >= 0.6 is 0 Å². The molecule has 0 aromatic carbocycles. The van der Waals surface area contributed by atoms with Crippen molar-refractivity contribution in [2.45, 2.75) is 39.3 Å². The normalized spacial score (nSPS) is 20.0. The highest BCUT2D eigenvalue weighted by atomic mass is 16.4. The molecule has 6 heteroatoms. The quantitative estimate of drug-likeness (QED) is 0.883. The molecule has 0 spiro atoms. The van der Waals surface area contributed by atoms with Crippen LogP contribution in [0.5, 0.6) is 0 Å². The molecule has 6 nitrogen and oxygen atoms in total. The summed E-state index contributed by atoms with van der Waals surface area (Å²) in [6.45, 7) is 8.05. The highest BCUT2D eigenvalue weighted by Gasteiger charge is 2.20. The van der Waals surface area contributed by atoms with E-state index in [9.17, 15) is 4.79 Å². The summed E-state index contributed by atoms with van der Waals surface area (Å²) in [5.41, 5.74) is 0. The zero-order valence-electron chi connectivity index (χ0n) is 14.4. The van der Waals surface area contributed by atoms with Crippen molar-refractivity contribution in [3.63, 3.8) is 0 Å². The smallest absolute Gasteiger partial charge is 0.287 e. The van der Waals surface area contributed by atoms with Crippen molar-refractivity contribution < 1.29 is 9.21 Å². The number of imidazole rings is 1. The van der Waals surface area contributed by atoms with Gasteiger partial charge in [0.1, 0.15) is 5.76 Å². The van der Waals surface area contributed by atoms with Gasteiger partial charge in [0.15, 0.2) is 5.76 Å². The summed E-state index contributed by atoms with van der Waals surface area (Å²) in [6, 6.07) is 3.67. The molecule has 24 heavy (non-hydrogen) atoms. The van der Waals surface area contributed by atoms with Crippen molar-refractivity contribution >= 4 is 5.91 Å². The molecule has 3 heterocycles. The lowest BCUT2D eigenvalue weighted by molar-refractivity contribution is 0.0890. The van der Waals surface area contributed by atoms with Crippen LogP contribution in [0.15, 0.2) is 35.3 Å². The molecular formula is C18H26N4O2. The van der Waals surface area contributed by atoms with E-state index in [1.54, 1.807) is 18.6 Å². The number of carbonyl (C=O) groups excluding carboxylic acids is 1. The van der Waals surface area contributed by atoms with Crippen molar-refractivity contribution in [3.05, 3.63) is 42.4 Å². The number of piperidine rings is 1. The van der Waals surface area contributed by atoms with Gasteiger partial charge in [0.05, 0.1) is 12.9 Å². The van der Waals surface area contributed by atoms with Gasteiger partial charge in [-0.1, -0.05) is 6.92 Å². The Bertz CT molecular complexity index is 650. The molecule has 3 rings (SSSR count). The zero-order valence-corrected chi connectivity index (χ0v) is 14.4. The summed E-state index contributed by atoms with van der Waals surface area (Å²) in [4.78, 5) is 18.8. The lowest BCUT2D eigenvalue weighted by Gasteiger charge is -2.32. The second kappa shape index (κ2) is 7.66. The van der Waals surface area contributed by atoms with Crippen LogP contribution in [-0.2, 0) is 6.54 Å². The number of furan rings is 1. The molecule has 2 aromatic heterocycles. The number of hydrogen-bond acceptors (Lipinski definition) is 4. The second-order valence-corrected chi connectivity index (χ2v) is 6.88. The minimum atomic E-state index is -0.149. The van der Waals surface area contributed by atoms with Gasteiger partial charge in [0.25, 0.3) is 5.91 Å². The monoisotopic (exact) mass is 330 g/mol. The van der Waals surface area contributed by atoms with Gasteiger partial charge in [-0.3, -0.25) is 4.79 Å². The molecule has 1 amide bonds. The van der Waals surface area contributed by atoms with Crippen LogP contribution in [0.25, 0.3) is 0 Å². The molecule has 1 aliphatic heterocycles. The molecular weight excluding hydrogens is 304 g/mol. The Morgan fingerprint density at radius 3 is 3.12 bits per heavy atom. The highest BCUT2D eigenvalue weighted by Crippen LogP contribution is 2.15. The van der Waals surface area contributed by atoms with Crippen LogP contribution in [0.4, 0.5) is 0 Å². The molecule has 2 atom stereocenters. The fourth-order valence-electron chi connectivity index (χ4n) is 3.33. The SMILES string of the molecule is C[C@H]1CCCN(C[C@@H](C)NC(=O)c2ccc(Cn3ccnc3)o2)C1. The number of likely N-dealkylation sites (tertiary alicyclic amines) is 1. The van der Waals surface area contributed by atoms with Gasteiger partial charge >= 0.3 is 0 Å². The summed E-state index contributed by atoms with van der Waals surface area (Å²) >= 11 is 0. The van der Waals surface area contributed by atoms with Gasteiger partial charge in [-0.2, -0.15) is 0 Å². The number of aromatic nitrogens is 2. The first-order valence-electron chi connectivity index (χ1n) is 8.68. The number of hydrogen-bond donors (Lipinski definition) is 1. The number of rotatable bonds is 6. The van der Waals surface area contributed by atoms with Crippen LogP contribution in [0, 0.1) is 5.92 Å². The largest absolute Gasteiger partial charge is 0.454 e. The van der Waals surface area contributed by atoms with Crippen molar-refractivity contribution in [1.82, 2.24) is 19.8 Å². The minimum Gasteiger partial charge on any atom is -0.454 e. The lowest BCUT2D eigenvalue weighted by Crippen LogP contribution is -2.45. The molecule has 1 aliphatic rings. The van der Waals surface area contributed by atoms with Gasteiger partial charge in [-0.15, -0.1) is 0 Å². The predicted molar refractivity (Wildman–Crippen MR) is 91.8 cm³/mol. The molecule has 0 aliphatic carbocycles. The van der Waals surface area contributed by atoms with Crippen LogP contribution in [-0.4, -0.2) is 46.0 Å². The average molecular weight is 330 g/mol. The standard InChI is InChI=1S/C18H26N4O2/c1-14-4-3-8-21(10-14)11-15(2)20-18(23)17-6-5-16(24-17)12-22-9-7-19-13-22/h5-7,9,13-15H,3-4,8,10-12H2,1-2H3,(H,20,23)/t14-,15+/m0/s1. The van der Waals surface area contributed by atoms with E-state index in [0.717, 1.165) is 31.3 Å².